The second-order valence-electron chi connectivity index (χ2n) is 13.5. The number of nitrogens with zero attached hydrogens (tertiary/aromatic N) is 3. The maximum Gasteiger partial charge on any atom is 0.164 e. The minimum atomic E-state index is 0.102. The number of rotatable bonds is 4. The first-order valence-corrected chi connectivity index (χ1v) is 18.1. The zero-order valence-corrected chi connectivity index (χ0v) is 27.9. The number of hydrogen-bond donors (Lipinski definition) is 0. The summed E-state index contributed by atoms with van der Waals surface area (Å²) in [6.07, 6.45) is 6.35. The van der Waals surface area contributed by atoms with Crippen LogP contribution in [-0.2, 0) is 5.41 Å². The monoisotopic (exact) mass is 647 g/mol. The number of benzene rings is 6. The largest absolute Gasteiger partial charge is 0.208 e. The summed E-state index contributed by atoms with van der Waals surface area (Å²) in [6, 6.07) is 50.3. The predicted molar refractivity (Wildman–Crippen MR) is 204 cm³/mol. The van der Waals surface area contributed by atoms with E-state index in [1.54, 1.807) is 5.56 Å². The van der Waals surface area contributed by atoms with Crippen molar-refractivity contribution in [3.05, 3.63) is 151 Å². The van der Waals surface area contributed by atoms with Gasteiger partial charge in [0.15, 0.2) is 17.5 Å². The maximum absolute atomic E-state index is 5.02. The number of fused-ring (bicyclic) bond motifs is 8. The number of hydrogen-bond acceptors (Lipinski definition) is 4. The minimum Gasteiger partial charge on any atom is -0.208 e. The van der Waals surface area contributed by atoms with E-state index in [-0.39, 0.29) is 5.41 Å². The number of thiophene rings is 1. The molecule has 0 N–H and O–H groups in total. The molecule has 234 valence electrons. The molecule has 2 heterocycles. The van der Waals surface area contributed by atoms with Crippen molar-refractivity contribution < 1.29 is 0 Å². The summed E-state index contributed by atoms with van der Waals surface area (Å²) in [5, 5.41) is 2.52. The van der Waals surface area contributed by atoms with Crippen LogP contribution in [0, 0.1) is 0 Å². The summed E-state index contributed by atoms with van der Waals surface area (Å²) in [5.41, 5.74) is 11.6. The molecule has 0 saturated heterocycles. The van der Waals surface area contributed by atoms with Crippen molar-refractivity contribution in [2.75, 3.05) is 0 Å². The lowest BCUT2D eigenvalue weighted by Crippen LogP contribution is -2.28. The van der Waals surface area contributed by atoms with E-state index in [0.29, 0.717) is 17.5 Å². The highest BCUT2D eigenvalue weighted by molar-refractivity contribution is 7.25. The van der Waals surface area contributed by atoms with Crippen molar-refractivity contribution in [1.82, 2.24) is 15.0 Å². The zero-order chi connectivity index (χ0) is 32.4. The lowest BCUT2D eigenvalue weighted by atomic mass is 9.66. The molecule has 8 aromatic rings. The lowest BCUT2D eigenvalue weighted by Gasteiger charge is -2.37. The van der Waals surface area contributed by atoms with Gasteiger partial charge in [0.05, 0.1) is 0 Å². The first-order valence-electron chi connectivity index (χ1n) is 17.3. The Balaban J connectivity index is 1.14. The summed E-state index contributed by atoms with van der Waals surface area (Å²) in [5.74, 6) is 2.04. The topological polar surface area (TPSA) is 38.7 Å². The average molecular weight is 648 g/mol. The van der Waals surface area contributed by atoms with E-state index < -0.39 is 0 Å². The third kappa shape index (κ3) is 4.58. The van der Waals surface area contributed by atoms with Crippen LogP contribution in [0.25, 0.3) is 76.6 Å². The molecule has 2 aliphatic carbocycles. The highest BCUT2D eigenvalue weighted by Crippen LogP contribution is 2.58. The molecule has 1 spiro atoms. The molecule has 0 bridgehead atoms. The van der Waals surface area contributed by atoms with Gasteiger partial charge >= 0.3 is 0 Å². The Morgan fingerprint density at radius 1 is 0.429 bits per heavy atom. The van der Waals surface area contributed by atoms with Gasteiger partial charge in [-0.25, -0.2) is 15.0 Å². The molecule has 0 aliphatic heterocycles. The fraction of sp³-hybridized carbons (Fsp3) is 0.133. The summed E-state index contributed by atoms with van der Waals surface area (Å²) >= 11 is 1.85. The van der Waals surface area contributed by atoms with Crippen molar-refractivity contribution in [1.29, 1.82) is 0 Å². The van der Waals surface area contributed by atoms with Gasteiger partial charge < -0.3 is 0 Å². The van der Waals surface area contributed by atoms with E-state index in [0.717, 1.165) is 16.7 Å². The second kappa shape index (κ2) is 11.3. The molecule has 1 fully saturated rings. The van der Waals surface area contributed by atoms with E-state index in [4.69, 9.17) is 15.0 Å². The van der Waals surface area contributed by atoms with Crippen LogP contribution in [0.5, 0.6) is 0 Å². The van der Waals surface area contributed by atoms with Gasteiger partial charge in [0, 0.05) is 42.3 Å². The van der Waals surface area contributed by atoms with E-state index in [1.807, 2.05) is 47.7 Å². The Labute approximate surface area is 290 Å². The Morgan fingerprint density at radius 2 is 0.959 bits per heavy atom. The molecule has 4 heteroatoms. The Bertz CT molecular complexity index is 2470. The summed E-state index contributed by atoms with van der Waals surface area (Å²) < 4.78 is 2.57. The van der Waals surface area contributed by atoms with Crippen LogP contribution in [0.4, 0.5) is 0 Å². The van der Waals surface area contributed by atoms with Crippen molar-refractivity contribution in [2.45, 2.75) is 37.5 Å². The van der Waals surface area contributed by atoms with Gasteiger partial charge in [0.1, 0.15) is 0 Å². The molecule has 0 unspecified atom stereocenters. The smallest absolute Gasteiger partial charge is 0.164 e. The summed E-state index contributed by atoms with van der Waals surface area (Å²) in [7, 11) is 0. The third-order valence-electron chi connectivity index (χ3n) is 10.7. The SMILES string of the molecule is c1ccc(-c2nc(-c3ccccc3)nc(-c3ccc4sc5ccc(-c6cccc7c6C6(CCCCC6)c6ccccc6-7)cc5c4c3)n2)cc1. The first kappa shape index (κ1) is 28.6. The fourth-order valence-corrected chi connectivity index (χ4v) is 9.57. The Kier molecular flexibility index (Phi) is 6.60. The van der Waals surface area contributed by atoms with Gasteiger partial charge in [0.25, 0.3) is 0 Å². The number of aromatic nitrogens is 3. The summed E-state index contributed by atoms with van der Waals surface area (Å²) in [4.78, 5) is 15.0. The van der Waals surface area contributed by atoms with Gasteiger partial charge in [-0.05, 0) is 76.6 Å². The molecule has 0 radical (unpaired) electrons. The third-order valence-corrected chi connectivity index (χ3v) is 11.9. The summed E-state index contributed by atoms with van der Waals surface area (Å²) in [6.45, 7) is 0. The van der Waals surface area contributed by atoms with Crippen LogP contribution in [0.1, 0.15) is 43.2 Å². The maximum atomic E-state index is 5.02. The van der Waals surface area contributed by atoms with Gasteiger partial charge in [0.2, 0.25) is 0 Å². The second-order valence-corrected chi connectivity index (χ2v) is 14.6. The molecule has 1 saturated carbocycles. The van der Waals surface area contributed by atoms with Gasteiger partial charge in [-0.15, -0.1) is 11.3 Å². The van der Waals surface area contributed by atoms with Gasteiger partial charge in [-0.2, -0.15) is 0 Å². The van der Waals surface area contributed by atoms with Gasteiger partial charge in [-0.1, -0.05) is 128 Å². The molecule has 2 aromatic heterocycles. The molecule has 0 atom stereocenters. The minimum absolute atomic E-state index is 0.102. The molecular weight excluding hydrogens is 615 g/mol. The molecule has 2 aliphatic rings. The van der Waals surface area contributed by atoms with Crippen molar-refractivity contribution in [3.63, 3.8) is 0 Å². The van der Waals surface area contributed by atoms with Crippen molar-refractivity contribution >= 4 is 31.5 Å². The zero-order valence-electron chi connectivity index (χ0n) is 27.1. The molecular formula is C45H33N3S. The standard InChI is InChI=1S/C45H33N3S/c1-4-13-29(14-5-1)42-46-43(30-15-6-2-7-16-30)48-44(47-42)32-22-24-40-37(28-32)36-27-31(21-23-39(36)49-40)33-18-12-19-35-34-17-8-9-20-38(34)45(41(33)35)25-10-3-11-26-45/h1-2,4-9,12-24,27-28H,3,10-11,25-26H2. The van der Waals surface area contributed by atoms with Crippen LogP contribution in [-0.4, -0.2) is 15.0 Å². The van der Waals surface area contributed by atoms with Gasteiger partial charge in [-0.3, -0.25) is 0 Å². The lowest BCUT2D eigenvalue weighted by molar-refractivity contribution is 0.353. The molecule has 49 heavy (non-hydrogen) atoms. The molecule has 0 amide bonds. The van der Waals surface area contributed by atoms with Crippen molar-refractivity contribution in [2.24, 2.45) is 0 Å². The quantitative estimate of drug-likeness (QED) is 0.191. The fourth-order valence-electron chi connectivity index (χ4n) is 8.50. The Hall–Kier alpha value is -5.45. The average Bonchev–Trinajstić information content (AvgIpc) is 3.68. The Morgan fingerprint density at radius 3 is 1.63 bits per heavy atom. The predicted octanol–water partition coefficient (Wildman–Crippen LogP) is 12.1. The van der Waals surface area contributed by atoms with Crippen molar-refractivity contribution in [3.8, 4) is 56.4 Å². The molecule has 6 aromatic carbocycles. The first-order chi connectivity index (χ1) is 24.2. The van der Waals surface area contributed by atoms with E-state index >= 15 is 0 Å². The van der Waals surface area contributed by atoms with Crippen LogP contribution < -0.4 is 0 Å². The van der Waals surface area contributed by atoms with Crippen LogP contribution in [0.3, 0.4) is 0 Å². The van der Waals surface area contributed by atoms with Crippen LogP contribution >= 0.6 is 11.3 Å². The van der Waals surface area contributed by atoms with E-state index in [2.05, 4.69) is 103 Å². The highest BCUT2D eigenvalue weighted by atomic mass is 32.1. The normalized spacial score (nSPS) is 14.7. The van der Waals surface area contributed by atoms with Crippen LogP contribution in [0.15, 0.2) is 140 Å². The molecule has 3 nitrogen and oxygen atoms in total. The van der Waals surface area contributed by atoms with E-state index in [9.17, 15) is 0 Å². The van der Waals surface area contributed by atoms with E-state index in [1.165, 1.54) is 80.1 Å². The highest BCUT2D eigenvalue weighted by Gasteiger charge is 2.45. The molecule has 10 rings (SSSR count). The van der Waals surface area contributed by atoms with Crippen LogP contribution in [0.2, 0.25) is 0 Å².